The minimum Gasteiger partial charge on any atom is -0.394 e. The zero-order valence-electron chi connectivity index (χ0n) is 13.3. The van der Waals surface area contributed by atoms with Gasteiger partial charge >= 0.3 is 0 Å². The molecule has 4 N–H and O–H groups in total. The van der Waals surface area contributed by atoms with E-state index in [1.54, 1.807) is 0 Å². The summed E-state index contributed by atoms with van der Waals surface area (Å²) in [5, 5.41) is 12.7. The van der Waals surface area contributed by atoms with Crippen LogP contribution in [0.4, 0.5) is 0 Å². The fourth-order valence-corrected chi connectivity index (χ4v) is 3.26. The molecule has 2 fully saturated rings. The van der Waals surface area contributed by atoms with Gasteiger partial charge in [-0.1, -0.05) is 13.8 Å². The first-order chi connectivity index (χ1) is 9.81. The van der Waals surface area contributed by atoms with Gasteiger partial charge in [-0.05, 0) is 19.8 Å². The van der Waals surface area contributed by atoms with Crippen molar-refractivity contribution in [3.63, 3.8) is 0 Å². The van der Waals surface area contributed by atoms with Crippen LogP contribution in [-0.2, 0) is 14.3 Å². The Morgan fingerprint density at radius 1 is 1.43 bits per heavy atom. The van der Waals surface area contributed by atoms with Crippen molar-refractivity contribution in [2.45, 2.75) is 57.2 Å². The number of carbonyl (C=O) groups excluding carboxylic acids is 1. The van der Waals surface area contributed by atoms with Crippen LogP contribution in [0.5, 0.6) is 0 Å². The van der Waals surface area contributed by atoms with Crippen LogP contribution in [-0.4, -0.2) is 54.6 Å². The highest BCUT2D eigenvalue weighted by atomic mass is 16.5. The van der Waals surface area contributed by atoms with Crippen molar-refractivity contribution < 1.29 is 19.4 Å². The van der Waals surface area contributed by atoms with E-state index in [1.807, 2.05) is 20.8 Å². The molecule has 122 valence electrons. The molecular weight excluding hydrogens is 272 g/mol. The summed E-state index contributed by atoms with van der Waals surface area (Å²) >= 11 is 0. The van der Waals surface area contributed by atoms with Crippen LogP contribution in [0.25, 0.3) is 0 Å². The van der Waals surface area contributed by atoms with E-state index in [2.05, 4.69) is 5.32 Å². The van der Waals surface area contributed by atoms with E-state index in [0.29, 0.717) is 39.1 Å². The van der Waals surface area contributed by atoms with Crippen LogP contribution < -0.4 is 11.1 Å². The van der Waals surface area contributed by atoms with Crippen LogP contribution in [0.15, 0.2) is 0 Å². The Morgan fingerprint density at radius 2 is 2.05 bits per heavy atom. The van der Waals surface area contributed by atoms with E-state index in [4.69, 9.17) is 15.2 Å². The average Bonchev–Trinajstić information content (AvgIpc) is 2.47. The lowest BCUT2D eigenvalue weighted by molar-refractivity contribution is -0.173. The summed E-state index contributed by atoms with van der Waals surface area (Å²) in [6.07, 6.45) is 1.73. The Kier molecular flexibility index (Phi) is 4.63. The van der Waals surface area contributed by atoms with Crippen LogP contribution in [0.1, 0.15) is 40.0 Å². The summed E-state index contributed by atoms with van der Waals surface area (Å²) in [4.78, 5) is 12.7. The summed E-state index contributed by atoms with van der Waals surface area (Å²) in [5.74, 6) is -0.195. The molecule has 21 heavy (non-hydrogen) atoms. The lowest BCUT2D eigenvalue weighted by Gasteiger charge is -2.58. The largest absolute Gasteiger partial charge is 0.394 e. The molecule has 0 aromatic heterocycles. The van der Waals surface area contributed by atoms with Crippen LogP contribution in [0, 0.1) is 5.41 Å². The van der Waals surface area contributed by atoms with E-state index >= 15 is 0 Å². The van der Waals surface area contributed by atoms with Crippen molar-refractivity contribution in [2.75, 3.05) is 26.4 Å². The van der Waals surface area contributed by atoms with Gasteiger partial charge in [0.05, 0.1) is 18.2 Å². The van der Waals surface area contributed by atoms with E-state index < -0.39 is 16.5 Å². The third-order valence-corrected chi connectivity index (χ3v) is 5.37. The standard InChI is InChI=1S/C15H28N2O4/c1-4-21-11-9-15(16,13(11,2)3)12(19)17-14(10-18)5-7-20-8-6-14/h11,18H,4-10,16H2,1-3H3,(H,17,19). The number of hydrogen-bond acceptors (Lipinski definition) is 5. The molecule has 2 aliphatic rings. The van der Waals surface area contributed by atoms with Gasteiger partial charge in [0.15, 0.2) is 0 Å². The molecule has 0 aromatic rings. The van der Waals surface area contributed by atoms with Gasteiger partial charge in [0.2, 0.25) is 5.91 Å². The molecular formula is C15H28N2O4. The molecule has 2 rings (SSSR count). The van der Waals surface area contributed by atoms with Gasteiger partial charge < -0.3 is 25.6 Å². The summed E-state index contributed by atoms with van der Waals surface area (Å²) in [7, 11) is 0. The van der Waals surface area contributed by atoms with Crippen LogP contribution >= 0.6 is 0 Å². The van der Waals surface area contributed by atoms with Crippen LogP contribution in [0.3, 0.4) is 0 Å². The SMILES string of the molecule is CCOC1CC(N)(C(=O)NC2(CO)CCOCC2)C1(C)C. The molecule has 1 saturated carbocycles. The predicted molar refractivity (Wildman–Crippen MR) is 78.7 cm³/mol. The number of aliphatic hydroxyl groups excluding tert-OH is 1. The first kappa shape index (κ1) is 16.7. The van der Waals surface area contributed by atoms with E-state index in [1.165, 1.54) is 0 Å². The lowest BCUT2D eigenvalue weighted by Crippen LogP contribution is -2.77. The lowest BCUT2D eigenvalue weighted by atomic mass is 9.54. The molecule has 6 nitrogen and oxygen atoms in total. The molecule has 1 heterocycles. The Labute approximate surface area is 126 Å². The van der Waals surface area contributed by atoms with Crippen molar-refractivity contribution in [2.24, 2.45) is 11.1 Å². The third kappa shape index (κ3) is 2.70. The van der Waals surface area contributed by atoms with Gasteiger partial charge in [-0.25, -0.2) is 0 Å². The van der Waals surface area contributed by atoms with Gasteiger partial charge in [-0.3, -0.25) is 4.79 Å². The normalized spacial score (nSPS) is 34.0. The zero-order chi connectivity index (χ0) is 15.7. The first-order valence-corrected chi connectivity index (χ1v) is 7.73. The van der Waals surface area contributed by atoms with Crippen LogP contribution in [0.2, 0.25) is 0 Å². The van der Waals surface area contributed by atoms with Gasteiger partial charge in [-0.15, -0.1) is 0 Å². The molecule has 2 unspecified atom stereocenters. The molecule has 1 amide bonds. The highest BCUT2D eigenvalue weighted by Gasteiger charge is 2.63. The zero-order valence-corrected chi connectivity index (χ0v) is 13.3. The van der Waals surface area contributed by atoms with E-state index in [9.17, 15) is 9.90 Å². The number of ether oxygens (including phenoxy) is 2. The second kappa shape index (κ2) is 5.83. The highest BCUT2D eigenvalue weighted by Crippen LogP contribution is 2.50. The number of nitrogens with two attached hydrogens (primary N) is 1. The minimum atomic E-state index is -0.951. The summed E-state index contributed by atoms with van der Waals surface area (Å²) < 4.78 is 11.0. The fraction of sp³-hybridized carbons (Fsp3) is 0.933. The smallest absolute Gasteiger partial charge is 0.241 e. The minimum absolute atomic E-state index is 0.00184. The molecule has 0 bridgehead atoms. The predicted octanol–water partition coefficient (Wildman–Crippen LogP) is 0.177. The Bertz CT molecular complexity index is 393. The van der Waals surface area contributed by atoms with E-state index in [0.717, 1.165) is 0 Å². The molecule has 1 aliphatic carbocycles. The number of hydrogen-bond donors (Lipinski definition) is 3. The number of rotatable bonds is 5. The van der Waals surface area contributed by atoms with Gasteiger partial charge in [0.1, 0.15) is 5.54 Å². The number of carbonyl (C=O) groups is 1. The Balaban J connectivity index is 2.06. The summed E-state index contributed by atoms with van der Waals surface area (Å²) in [6.45, 7) is 7.48. The van der Waals surface area contributed by atoms with Crippen molar-refractivity contribution >= 4 is 5.91 Å². The maximum absolute atomic E-state index is 12.7. The summed E-state index contributed by atoms with van der Waals surface area (Å²) in [5.41, 5.74) is 4.40. The van der Waals surface area contributed by atoms with Crippen molar-refractivity contribution in [1.82, 2.24) is 5.32 Å². The topological polar surface area (TPSA) is 93.8 Å². The second-order valence-corrected chi connectivity index (χ2v) is 6.85. The first-order valence-electron chi connectivity index (χ1n) is 7.73. The number of aliphatic hydroxyl groups is 1. The maximum Gasteiger partial charge on any atom is 0.241 e. The monoisotopic (exact) mass is 300 g/mol. The molecule has 2 atom stereocenters. The number of nitrogens with one attached hydrogen (secondary N) is 1. The third-order valence-electron chi connectivity index (χ3n) is 5.37. The second-order valence-electron chi connectivity index (χ2n) is 6.85. The van der Waals surface area contributed by atoms with Gasteiger partial charge in [-0.2, -0.15) is 0 Å². The highest BCUT2D eigenvalue weighted by molar-refractivity contribution is 5.89. The molecule has 1 saturated heterocycles. The van der Waals surface area contributed by atoms with Gasteiger partial charge in [0.25, 0.3) is 0 Å². The maximum atomic E-state index is 12.7. The van der Waals surface area contributed by atoms with Gasteiger partial charge in [0, 0.05) is 31.7 Å². The Hall–Kier alpha value is -0.690. The average molecular weight is 300 g/mol. The fourth-order valence-electron chi connectivity index (χ4n) is 3.26. The Morgan fingerprint density at radius 3 is 2.52 bits per heavy atom. The molecule has 6 heteroatoms. The van der Waals surface area contributed by atoms with Crippen molar-refractivity contribution in [3.05, 3.63) is 0 Å². The van der Waals surface area contributed by atoms with Crippen molar-refractivity contribution in [1.29, 1.82) is 0 Å². The number of amides is 1. The van der Waals surface area contributed by atoms with Crippen molar-refractivity contribution in [3.8, 4) is 0 Å². The molecule has 0 aromatic carbocycles. The molecule has 0 spiro atoms. The molecule has 0 radical (unpaired) electrons. The quantitative estimate of drug-likeness (QED) is 0.673. The summed E-state index contributed by atoms with van der Waals surface area (Å²) in [6, 6.07) is 0. The van der Waals surface area contributed by atoms with E-state index in [-0.39, 0.29) is 18.6 Å². The molecule has 1 aliphatic heterocycles.